The molecule has 3 aromatic rings. The fraction of sp³-hybridized carbons (Fsp3) is 0.238. The number of aromatic nitrogens is 3. The monoisotopic (exact) mass is 392 g/mol. The van der Waals surface area contributed by atoms with Gasteiger partial charge in [-0.25, -0.2) is 4.98 Å². The number of thioether (sulfide) groups is 1. The van der Waals surface area contributed by atoms with Crippen LogP contribution < -0.4 is 5.32 Å². The normalized spacial score (nSPS) is 15.4. The molecule has 0 aliphatic carbocycles. The van der Waals surface area contributed by atoms with E-state index in [1.165, 1.54) is 17.3 Å². The van der Waals surface area contributed by atoms with Gasteiger partial charge in [-0.05, 0) is 42.7 Å². The molecule has 1 aliphatic rings. The number of hydrogen-bond acceptors (Lipinski definition) is 5. The summed E-state index contributed by atoms with van der Waals surface area (Å²) in [6.07, 6.45) is 0.992. The Morgan fingerprint density at radius 1 is 1.18 bits per heavy atom. The predicted molar refractivity (Wildman–Crippen MR) is 110 cm³/mol. The SMILES string of the molecule is CCc1ccc(-c2nc(SCC(=O)c3ccc4c(c3)[C@@H](C)C(=O)N4)n[nH]2)cc1. The second kappa shape index (κ2) is 7.59. The average Bonchev–Trinajstić information content (AvgIpc) is 3.31. The molecule has 2 aromatic carbocycles. The number of carbonyl (C=O) groups is 2. The fourth-order valence-electron chi connectivity index (χ4n) is 3.14. The molecule has 0 saturated carbocycles. The Bertz CT molecular complexity index is 1040. The molecule has 0 radical (unpaired) electrons. The van der Waals surface area contributed by atoms with Gasteiger partial charge in [0.25, 0.3) is 0 Å². The molecular weight excluding hydrogens is 372 g/mol. The molecular formula is C21H20N4O2S. The van der Waals surface area contributed by atoms with Gasteiger partial charge in [0.15, 0.2) is 11.6 Å². The zero-order valence-electron chi connectivity index (χ0n) is 15.7. The smallest absolute Gasteiger partial charge is 0.231 e. The summed E-state index contributed by atoms with van der Waals surface area (Å²) in [5.74, 6) is 0.645. The van der Waals surface area contributed by atoms with Gasteiger partial charge in [0.1, 0.15) is 0 Å². The van der Waals surface area contributed by atoms with Crippen LogP contribution in [0, 0.1) is 0 Å². The third-order valence-corrected chi connectivity index (χ3v) is 5.77. The van der Waals surface area contributed by atoms with E-state index >= 15 is 0 Å². The Morgan fingerprint density at radius 2 is 1.96 bits per heavy atom. The third-order valence-electron chi connectivity index (χ3n) is 4.92. The number of rotatable bonds is 6. The maximum absolute atomic E-state index is 12.6. The summed E-state index contributed by atoms with van der Waals surface area (Å²) in [5.41, 5.74) is 4.49. The molecule has 2 heterocycles. The predicted octanol–water partition coefficient (Wildman–Crippen LogP) is 4.06. The minimum Gasteiger partial charge on any atom is -0.325 e. The Balaban J connectivity index is 1.42. The highest BCUT2D eigenvalue weighted by Gasteiger charge is 2.27. The maximum Gasteiger partial charge on any atom is 0.231 e. The van der Waals surface area contributed by atoms with Crippen LogP contribution in [0.2, 0.25) is 0 Å². The van der Waals surface area contributed by atoms with Crippen LogP contribution in [0.15, 0.2) is 47.6 Å². The van der Waals surface area contributed by atoms with Gasteiger partial charge >= 0.3 is 0 Å². The number of ketones is 1. The van der Waals surface area contributed by atoms with E-state index in [2.05, 4.69) is 39.6 Å². The first-order valence-electron chi connectivity index (χ1n) is 9.17. The summed E-state index contributed by atoms with van der Waals surface area (Å²) in [6.45, 7) is 3.96. The molecule has 0 unspecified atom stereocenters. The number of Topliss-reactive ketones (excluding diaryl/α,β-unsaturated/α-hetero) is 1. The molecule has 7 heteroatoms. The molecule has 1 aliphatic heterocycles. The van der Waals surface area contributed by atoms with E-state index in [1.807, 2.05) is 19.1 Å². The lowest BCUT2D eigenvalue weighted by atomic mass is 9.99. The van der Waals surface area contributed by atoms with E-state index in [0.717, 1.165) is 23.2 Å². The summed E-state index contributed by atoms with van der Waals surface area (Å²) >= 11 is 1.30. The molecule has 0 fully saturated rings. The number of H-pyrrole nitrogens is 1. The molecule has 4 rings (SSSR count). The first kappa shape index (κ1) is 18.4. The summed E-state index contributed by atoms with van der Waals surface area (Å²) in [5, 5.41) is 10.5. The highest BCUT2D eigenvalue weighted by molar-refractivity contribution is 7.99. The minimum atomic E-state index is -0.231. The zero-order chi connectivity index (χ0) is 19.7. The van der Waals surface area contributed by atoms with Crippen molar-refractivity contribution in [3.63, 3.8) is 0 Å². The lowest BCUT2D eigenvalue weighted by molar-refractivity contribution is -0.116. The standard InChI is InChI=1S/C21H20N4O2S/c1-3-13-4-6-14(7-5-13)19-23-21(25-24-19)28-11-18(26)15-8-9-17-16(10-15)12(2)20(27)22-17/h4-10,12H,3,11H2,1-2H3,(H,22,27)(H,23,24,25)/t12-/m1/s1. The van der Waals surface area contributed by atoms with Crippen LogP contribution in [0.1, 0.15) is 41.3 Å². The van der Waals surface area contributed by atoms with Gasteiger partial charge < -0.3 is 5.32 Å². The number of hydrogen-bond donors (Lipinski definition) is 2. The molecule has 2 N–H and O–H groups in total. The summed E-state index contributed by atoms with van der Waals surface area (Å²) in [6, 6.07) is 13.5. The molecule has 0 saturated heterocycles. The van der Waals surface area contributed by atoms with Crippen LogP contribution in [0.5, 0.6) is 0 Å². The number of fused-ring (bicyclic) bond motifs is 1. The van der Waals surface area contributed by atoms with Gasteiger partial charge in [-0.1, -0.05) is 43.0 Å². The minimum absolute atomic E-state index is 0.0157. The van der Waals surface area contributed by atoms with E-state index in [0.29, 0.717) is 16.5 Å². The molecule has 1 atom stereocenters. The molecule has 142 valence electrons. The Morgan fingerprint density at radius 3 is 2.71 bits per heavy atom. The topological polar surface area (TPSA) is 87.7 Å². The quantitative estimate of drug-likeness (QED) is 0.488. The van der Waals surface area contributed by atoms with Crippen molar-refractivity contribution in [2.45, 2.75) is 31.3 Å². The first-order valence-corrected chi connectivity index (χ1v) is 10.2. The Hall–Kier alpha value is -2.93. The Labute approximate surface area is 167 Å². The second-order valence-corrected chi connectivity index (χ2v) is 7.68. The lowest BCUT2D eigenvalue weighted by Gasteiger charge is -2.04. The molecule has 1 amide bonds. The van der Waals surface area contributed by atoms with E-state index in [-0.39, 0.29) is 23.4 Å². The molecule has 6 nitrogen and oxygen atoms in total. The highest BCUT2D eigenvalue weighted by atomic mass is 32.2. The third kappa shape index (κ3) is 3.57. The second-order valence-electron chi connectivity index (χ2n) is 6.74. The molecule has 28 heavy (non-hydrogen) atoms. The van der Waals surface area contributed by atoms with Crippen LogP contribution in [-0.4, -0.2) is 32.6 Å². The van der Waals surface area contributed by atoms with E-state index in [1.54, 1.807) is 18.2 Å². The van der Waals surface area contributed by atoms with E-state index < -0.39 is 0 Å². The molecule has 0 bridgehead atoms. The summed E-state index contributed by atoms with van der Waals surface area (Å²) in [4.78, 5) is 28.8. The van der Waals surface area contributed by atoms with Gasteiger partial charge in [0.2, 0.25) is 11.1 Å². The van der Waals surface area contributed by atoms with Crippen LogP contribution in [0.3, 0.4) is 0 Å². The van der Waals surface area contributed by atoms with Crippen molar-refractivity contribution in [2.24, 2.45) is 0 Å². The Kier molecular flexibility index (Phi) is 5.00. The van der Waals surface area contributed by atoms with E-state index in [4.69, 9.17) is 0 Å². The van der Waals surface area contributed by atoms with Gasteiger partial charge in [-0.15, -0.1) is 5.10 Å². The van der Waals surface area contributed by atoms with Crippen molar-refractivity contribution in [1.82, 2.24) is 15.2 Å². The first-order chi connectivity index (χ1) is 13.5. The number of nitrogens with zero attached hydrogens (tertiary/aromatic N) is 2. The number of nitrogens with one attached hydrogen (secondary N) is 2. The van der Waals surface area contributed by atoms with Crippen molar-refractivity contribution in [2.75, 3.05) is 11.1 Å². The van der Waals surface area contributed by atoms with E-state index in [9.17, 15) is 9.59 Å². The number of aryl methyl sites for hydroxylation is 1. The van der Waals surface area contributed by atoms with Crippen LogP contribution >= 0.6 is 11.8 Å². The van der Waals surface area contributed by atoms with Crippen LogP contribution in [-0.2, 0) is 11.2 Å². The van der Waals surface area contributed by atoms with Gasteiger partial charge in [-0.2, -0.15) is 0 Å². The lowest BCUT2D eigenvalue weighted by Crippen LogP contribution is -2.08. The number of carbonyl (C=O) groups excluding carboxylic acids is 2. The number of amides is 1. The van der Waals surface area contributed by atoms with Crippen molar-refractivity contribution < 1.29 is 9.59 Å². The maximum atomic E-state index is 12.6. The van der Waals surface area contributed by atoms with Crippen molar-refractivity contribution in [1.29, 1.82) is 0 Å². The van der Waals surface area contributed by atoms with Crippen molar-refractivity contribution in [3.05, 3.63) is 59.2 Å². The zero-order valence-corrected chi connectivity index (χ0v) is 16.5. The number of anilines is 1. The van der Waals surface area contributed by atoms with Gasteiger partial charge in [-0.3, -0.25) is 14.7 Å². The molecule has 0 spiro atoms. The largest absolute Gasteiger partial charge is 0.325 e. The number of benzene rings is 2. The van der Waals surface area contributed by atoms with Crippen LogP contribution in [0.4, 0.5) is 5.69 Å². The van der Waals surface area contributed by atoms with Gasteiger partial charge in [0.05, 0.1) is 11.7 Å². The fourth-order valence-corrected chi connectivity index (χ4v) is 3.84. The van der Waals surface area contributed by atoms with Crippen LogP contribution in [0.25, 0.3) is 11.4 Å². The average molecular weight is 392 g/mol. The van der Waals surface area contributed by atoms with Crippen molar-refractivity contribution >= 4 is 29.1 Å². The van der Waals surface area contributed by atoms with Gasteiger partial charge in [0, 0.05) is 16.8 Å². The highest BCUT2D eigenvalue weighted by Crippen LogP contribution is 2.33. The summed E-state index contributed by atoms with van der Waals surface area (Å²) < 4.78 is 0. The number of aromatic amines is 1. The summed E-state index contributed by atoms with van der Waals surface area (Å²) in [7, 11) is 0. The molecule has 1 aromatic heterocycles. The van der Waals surface area contributed by atoms with Crippen molar-refractivity contribution in [3.8, 4) is 11.4 Å².